The van der Waals surface area contributed by atoms with E-state index >= 15 is 0 Å². The van der Waals surface area contributed by atoms with Crippen molar-refractivity contribution < 1.29 is 19.1 Å². The van der Waals surface area contributed by atoms with Gasteiger partial charge in [0.1, 0.15) is 5.15 Å². The third kappa shape index (κ3) is 5.63. The Bertz CT molecular complexity index is 913. The summed E-state index contributed by atoms with van der Waals surface area (Å²) in [4.78, 5) is 30.9. The molecule has 1 aliphatic heterocycles. The van der Waals surface area contributed by atoms with Gasteiger partial charge in [-0.1, -0.05) is 11.6 Å². The SMILES string of the molecule is CCOc1cc(C(=O)Nc2cc(Cl)ncc2C)ccc1OCC(=O)N1CCCCC1. The quantitative estimate of drug-likeness (QED) is 0.668. The van der Waals surface area contributed by atoms with Crippen LogP contribution >= 0.6 is 11.6 Å². The van der Waals surface area contributed by atoms with Gasteiger partial charge in [-0.05, 0) is 62.9 Å². The summed E-state index contributed by atoms with van der Waals surface area (Å²) in [5, 5.41) is 3.13. The van der Waals surface area contributed by atoms with Crippen LogP contribution in [-0.2, 0) is 4.79 Å². The molecule has 2 heterocycles. The number of nitrogens with one attached hydrogen (secondary N) is 1. The summed E-state index contributed by atoms with van der Waals surface area (Å²) in [5.41, 5.74) is 1.79. The lowest BCUT2D eigenvalue weighted by Gasteiger charge is -2.26. The molecule has 1 aromatic heterocycles. The average molecular weight is 432 g/mol. The summed E-state index contributed by atoms with van der Waals surface area (Å²) in [6.07, 6.45) is 4.82. The van der Waals surface area contributed by atoms with Gasteiger partial charge >= 0.3 is 0 Å². The predicted molar refractivity (Wildman–Crippen MR) is 115 cm³/mol. The van der Waals surface area contributed by atoms with Gasteiger partial charge in [-0.2, -0.15) is 0 Å². The van der Waals surface area contributed by atoms with Crippen molar-refractivity contribution in [3.05, 3.63) is 46.7 Å². The summed E-state index contributed by atoms with van der Waals surface area (Å²) in [5.74, 6) is 0.504. The Labute approximate surface area is 181 Å². The molecule has 0 bridgehead atoms. The Kier molecular flexibility index (Phi) is 7.52. The maximum absolute atomic E-state index is 12.7. The van der Waals surface area contributed by atoms with Crippen LogP contribution in [0.5, 0.6) is 11.5 Å². The van der Waals surface area contributed by atoms with Gasteiger partial charge < -0.3 is 19.7 Å². The van der Waals surface area contributed by atoms with Gasteiger partial charge in [-0.25, -0.2) is 4.98 Å². The molecule has 1 aliphatic rings. The van der Waals surface area contributed by atoms with E-state index in [-0.39, 0.29) is 18.4 Å². The first kappa shape index (κ1) is 21.9. The number of pyridine rings is 1. The van der Waals surface area contributed by atoms with Gasteiger partial charge in [-0.15, -0.1) is 0 Å². The molecule has 2 aromatic rings. The van der Waals surface area contributed by atoms with Gasteiger partial charge in [0, 0.05) is 30.5 Å². The zero-order valence-electron chi connectivity index (χ0n) is 17.2. The van der Waals surface area contributed by atoms with Gasteiger partial charge in [0.05, 0.1) is 6.61 Å². The van der Waals surface area contributed by atoms with Crippen molar-refractivity contribution in [3.63, 3.8) is 0 Å². The molecule has 0 spiro atoms. The molecule has 3 rings (SSSR count). The zero-order valence-corrected chi connectivity index (χ0v) is 18.0. The lowest BCUT2D eigenvalue weighted by atomic mass is 10.1. The normalized spacial score (nSPS) is 13.6. The number of amides is 2. The second kappa shape index (κ2) is 10.3. The second-order valence-corrected chi connectivity index (χ2v) is 7.49. The Morgan fingerprint density at radius 3 is 2.63 bits per heavy atom. The molecule has 0 atom stereocenters. The summed E-state index contributed by atoms with van der Waals surface area (Å²) in [6, 6.07) is 6.49. The van der Waals surface area contributed by atoms with E-state index in [0.717, 1.165) is 37.9 Å². The minimum absolute atomic E-state index is 0.0380. The molecule has 0 unspecified atom stereocenters. The molecule has 2 amide bonds. The average Bonchev–Trinajstić information content (AvgIpc) is 2.76. The highest BCUT2D eigenvalue weighted by Gasteiger charge is 2.18. The van der Waals surface area contributed by atoms with Crippen molar-refractivity contribution in [2.75, 3.05) is 31.6 Å². The molecular weight excluding hydrogens is 406 g/mol. The first-order chi connectivity index (χ1) is 14.5. The molecular formula is C22H26ClN3O4. The van der Waals surface area contributed by atoms with Gasteiger partial charge in [-0.3, -0.25) is 9.59 Å². The number of carbonyl (C=O) groups is 2. The first-order valence-electron chi connectivity index (χ1n) is 10.1. The molecule has 1 fully saturated rings. The number of hydrogen-bond donors (Lipinski definition) is 1. The predicted octanol–water partition coefficient (Wildman–Crippen LogP) is 4.09. The smallest absolute Gasteiger partial charge is 0.260 e. The molecule has 8 heteroatoms. The highest BCUT2D eigenvalue weighted by Crippen LogP contribution is 2.29. The third-order valence-electron chi connectivity index (χ3n) is 4.88. The lowest BCUT2D eigenvalue weighted by Crippen LogP contribution is -2.38. The Balaban J connectivity index is 1.70. The number of nitrogens with zero attached hydrogens (tertiary/aromatic N) is 2. The van der Waals surface area contributed by atoms with Gasteiger partial charge in [0.25, 0.3) is 11.8 Å². The number of anilines is 1. The number of hydrogen-bond acceptors (Lipinski definition) is 5. The van der Waals surface area contributed by atoms with E-state index in [0.29, 0.717) is 34.5 Å². The van der Waals surface area contributed by atoms with E-state index in [4.69, 9.17) is 21.1 Å². The maximum Gasteiger partial charge on any atom is 0.260 e. The summed E-state index contributed by atoms with van der Waals surface area (Å²) in [6.45, 7) is 5.58. The highest BCUT2D eigenvalue weighted by atomic mass is 35.5. The van der Waals surface area contributed by atoms with Crippen LogP contribution in [0.15, 0.2) is 30.5 Å². The Morgan fingerprint density at radius 1 is 1.13 bits per heavy atom. The van der Waals surface area contributed by atoms with Crippen molar-refractivity contribution in [1.82, 2.24) is 9.88 Å². The van der Waals surface area contributed by atoms with E-state index in [2.05, 4.69) is 10.3 Å². The topological polar surface area (TPSA) is 80.8 Å². The first-order valence-corrected chi connectivity index (χ1v) is 10.5. The number of piperidine rings is 1. The molecule has 7 nitrogen and oxygen atoms in total. The van der Waals surface area contributed by atoms with Crippen LogP contribution in [0.3, 0.4) is 0 Å². The van der Waals surface area contributed by atoms with Crippen LogP contribution < -0.4 is 14.8 Å². The van der Waals surface area contributed by atoms with Crippen molar-refractivity contribution in [3.8, 4) is 11.5 Å². The lowest BCUT2D eigenvalue weighted by molar-refractivity contribution is -0.134. The number of carbonyl (C=O) groups excluding carboxylic acids is 2. The largest absolute Gasteiger partial charge is 0.490 e. The molecule has 160 valence electrons. The third-order valence-corrected chi connectivity index (χ3v) is 5.09. The molecule has 0 aliphatic carbocycles. The van der Waals surface area contributed by atoms with Crippen molar-refractivity contribution in [2.45, 2.75) is 33.1 Å². The van der Waals surface area contributed by atoms with E-state index in [1.807, 2.05) is 18.7 Å². The standard InChI is InChI=1S/C22H26ClN3O4/c1-3-29-19-11-16(22(28)25-17-12-20(23)24-13-15(17)2)7-8-18(19)30-14-21(27)26-9-5-4-6-10-26/h7-8,11-13H,3-6,9-10,14H2,1-2H3,(H,24,25,28). The Hall–Kier alpha value is -2.80. The fraction of sp³-hybridized carbons (Fsp3) is 0.409. The van der Waals surface area contributed by atoms with E-state index in [1.54, 1.807) is 30.5 Å². The van der Waals surface area contributed by atoms with Crippen molar-refractivity contribution >= 4 is 29.1 Å². The van der Waals surface area contributed by atoms with Crippen LogP contribution in [0.25, 0.3) is 0 Å². The van der Waals surface area contributed by atoms with Crippen LogP contribution in [0, 0.1) is 6.92 Å². The summed E-state index contributed by atoms with van der Waals surface area (Å²) in [7, 11) is 0. The fourth-order valence-corrected chi connectivity index (χ4v) is 3.40. The van der Waals surface area contributed by atoms with Gasteiger partial charge in [0.2, 0.25) is 0 Å². The highest BCUT2D eigenvalue weighted by molar-refractivity contribution is 6.29. The zero-order chi connectivity index (χ0) is 21.5. The van der Waals surface area contributed by atoms with E-state index in [1.165, 1.54) is 0 Å². The van der Waals surface area contributed by atoms with Crippen molar-refractivity contribution in [2.24, 2.45) is 0 Å². The van der Waals surface area contributed by atoms with Crippen LogP contribution in [0.2, 0.25) is 5.15 Å². The summed E-state index contributed by atoms with van der Waals surface area (Å²) >= 11 is 5.92. The molecule has 0 saturated carbocycles. The van der Waals surface area contributed by atoms with E-state index in [9.17, 15) is 9.59 Å². The molecule has 0 radical (unpaired) electrons. The van der Waals surface area contributed by atoms with Crippen LogP contribution in [-0.4, -0.2) is 48.0 Å². The number of halogens is 1. The number of rotatable bonds is 7. The minimum atomic E-state index is -0.308. The van der Waals surface area contributed by atoms with E-state index < -0.39 is 0 Å². The monoisotopic (exact) mass is 431 g/mol. The number of likely N-dealkylation sites (tertiary alicyclic amines) is 1. The molecule has 1 saturated heterocycles. The van der Waals surface area contributed by atoms with Crippen LogP contribution in [0.4, 0.5) is 5.69 Å². The number of benzene rings is 1. The van der Waals surface area contributed by atoms with Gasteiger partial charge in [0.15, 0.2) is 18.1 Å². The number of aromatic nitrogens is 1. The fourth-order valence-electron chi connectivity index (χ4n) is 3.24. The number of aryl methyl sites for hydroxylation is 1. The maximum atomic E-state index is 12.7. The van der Waals surface area contributed by atoms with Crippen molar-refractivity contribution in [1.29, 1.82) is 0 Å². The minimum Gasteiger partial charge on any atom is -0.490 e. The number of ether oxygens (including phenoxy) is 2. The van der Waals surface area contributed by atoms with Crippen LogP contribution in [0.1, 0.15) is 42.1 Å². The summed E-state index contributed by atoms with van der Waals surface area (Å²) < 4.78 is 11.4. The molecule has 1 aromatic carbocycles. The molecule has 30 heavy (non-hydrogen) atoms. The molecule has 1 N–H and O–H groups in total. The Morgan fingerprint density at radius 2 is 1.90 bits per heavy atom. The second-order valence-electron chi connectivity index (χ2n) is 7.10.